The molecular weight excluding hydrogens is 404 g/mol. The van der Waals surface area contributed by atoms with Crippen LogP contribution in [0.15, 0.2) is 42.5 Å². The van der Waals surface area contributed by atoms with Crippen molar-refractivity contribution in [3.63, 3.8) is 0 Å². The first-order valence-corrected chi connectivity index (χ1v) is 9.98. The number of amides is 2. The van der Waals surface area contributed by atoms with Gasteiger partial charge in [-0.1, -0.05) is 17.7 Å². The molecule has 0 saturated carbocycles. The van der Waals surface area contributed by atoms with Crippen LogP contribution < -0.4 is 10.2 Å². The number of aromatic nitrogens is 4. The molecule has 2 amide bonds. The Labute approximate surface area is 178 Å². The van der Waals surface area contributed by atoms with Gasteiger partial charge in [-0.25, -0.2) is 0 Å². The van der Waals surface area contributed by atoms with Crippen LogP contribution in [0.5, 0.6) is 0 Å². The number of carbonyl (C=O) groups excluding carboxylic acids is 2. The maximum absolute atomic E-state index is 12.7. The predicted molar refractivity (Wildman–Crippen MR) is 112 cm³/mol. The molecule has 8 nitrogen and oxygen atoms in total. The highest BCUT2D eigenvalue weighted by molar-refractivity contribution is 6.30. The molecule has 1 aliphatic heterocycles. The van der Waals surface area contributed by atoms with Crippen LogP contribution in [-0.4, -0.2) is 38.6 Å². The molecule has 30 heavy (non-hydrogen) atoms. The maximum Gasteiger partial charge on any atom is 0.227 e. The summed E-state index contributed by atoms with van der Waals surface area (Å²) in [7, 11) is 0. The lowest BCUT2D eigenvalue weighted by molar-refractivity contribution is -0.126. The number of halogens is 1. The summed E-state index contributed by atoms with van der Waals surface area (Å²) in [4.78, 5) is 26.7. The first-order chi connectivity index (χ1) is 14.4. The molecule has 1 saturated heterocycles. The van der Waals surface area contributed by atoms with Gasteiger partial charge in [-0.15, -0.1) is 5.10 Å². The largest absolute Gasteiger partial charge is 0.348 e. The molecule has 0 aliphatic carbocycles. The molecule has 3 aromatic rings. The van der Waals surface area contributed by atoms with Crippen molar-refractivity contribution >= 4 is 29.1 Å². The second-order valence-electron chi connectivity index (χ2n) is 7.38. The zero-order valence-electron chi connectivity index (χ0n) is 16.7. The highest BCUT2D eigenvalue weighted by Gasteiger charge is 2.35. The molecule has 1 aromatic heterocycles. The highest BCUT2D eigenvalue weighted by atomic mass is 35.5. The number of nitrogens with one attached hydrogen (secondary N) is 1. The van der Waals surface area contributed by atoms with Gasteiger partial charge in [-0.2, -0.15) is 4.68 Å². The average Bonchev–Trinajstić information content (AvgIpc) is 3.35. The van der Waals surface area contributed by atoms with Crippen molar-refractivity contribution in [1.82, 2.24) is 25.5 Å². The summed E-state index contributed by atoms with van der Waals surface area (Å²) >= 11 is 5.91. The molecule has 1 aliphatic rings. The van der Waals surface area contributed by atoms with Crippen LogP contribution in [0.3, 0.4) is 0 Å². The number of tetrazole rings is 1. The smallest absolute Gasteiger partial charge is 0.227 e. The van der Waals surface area contributed by atoms with Crippen molar-refractivity contribution in [2.75, 3.05) is 11.4 Å². The first kappa shape index (κ1) is 20.0. The fraction of sp³-hybridized carbons (Fsp3) is 0.286. The molecule has 9 heteroatoms. The molecule has 4 rings (SSSR count). The van der Waals surface area contributed by atoms with Gasteiger partial charge in [0.25, 0.3) is 0 Å². The van der Waals surface area contributed by atoms with Gasteiger partial charge in [0.1, 0.15) is 0 Å². The summed E-state index contributed by atoms with van der Waals surface area (Å²) < 4.78 is 1.60. The Morgan fingerprint density at radius 1 is 1.13 bits per heavy atom. The first-order valence-electron chi connectivity index (χ1n) is 9.61. The Kier molecular flexibility index (Phi) is 5.50. The van der Waals surface area contributed by atoms with Crippen molar-refractivity contribution in [2.24, 2.45) is 5.92 Å². The lowest BCUT2D eigenvalue weighted by Crippen LogP contribution is -2.33. The van der Waals surface area contributed by atoms with Crippen LogP contribution in [0.2, 0.25) is 5.02 Å². The molecule has 1 atom stereocenters. The number of benzene rings is 2. The SMILES string of the molecule is Cc1ccc(-n2nnnc2CNC(=O)[C@H]2CC(=O)N(c3ccc(Cl)cc3)C2)cc1C. The third kappa shape index (κ3) is 4.04. The van der Waals surface area contributed by atoms with Gasteiger partial charge >= 0.3 is 0 Å². The van der Waals surface area contributed by atoms with Crippen molar-refractivity contribution in [3.8, 4) is 5.69 Å². The zero-order valence-corrected chi connectivity index (χ0v) is 17.4. The molecule has 2 aromatic carbocycles. The molecule has 2 heterocycles. The third-order valence-electron chi connectivity index (χ3n) is 5.32. The summed E-state index contributed by atoms with van der Waals surface area (Å²) in [6.45, 7) is 4.56. The Bertz CT molecular complexity index is 1100. The van der Waals surface area contributed by atoms with E-state index in [9.17, 15) is 9.59 Å². The summed E-state index contributed by atoms with van der Waals surface area (Å²) in [6, 6.07) is 12.9. The minimum Gasteiger partial charge on any atom is -0.348 e. The Hall–Kier alpha value is -3.26. The Balaban J connectivity index is 1.41. The number of aryl methyl sites for hydroxylation is 2. The van der Waals surface area contributed by atoms with E-state index in [-0.39, 0.29) is 24.8 Å². The van der Waals surface area contributed by atoms with Crippen molar-refractivity contribution < 1.29 is 9.59 Å². The van der Waals surface area contributed by atoms with Gasteiger partial charge in [0.2, 0.25) is 11.8 Å². The van der Waals surface area contributed by atoms with E-state index in [4.69, 9.17) is 11.6 Å². The van der Waals surface area contributed by atoms with E-state index in [1.807, 2.05) is 32.0 Å². The number of hydrogen-bond acceptors (Lipinski definition) is 5. The Morgan fingerprint density at radius 2 is 1.87 bits per heavy atom. The summed E-state index contributed by atoms with van der Waals surface area (Å²) in [6.07, 6.45) is 0.163. The topological polar surface area (TPSA) is 93.0 Å². The molecule has 1 N–H and O–H groups in total. The van der Waals surface area contributed by atoms with Gasteiger partial charge in [0.05, 0.1) is 18.2 Å². The number of nitrogens with zero attached hydrogens (tertiary/aromatic N) is 5. The molecule has 0 radical (unpaired) electrons. The van der Waals surface area contributed by atoms with Gasteiger partial charge in [0.15, 0.2) is 5.82 Å². The van der Waals surface area contributed by atoms with Gasteiger partial charge < -0.3 is 10.2 Å². The summed E-state index contributed by atoms with van der Waals surface area (Å²) in [5, 5.41) is 15.3. The van der Waals surface area contributed by atoms with E-state index in [2.05, 4.69) is 20.8 Å². The van der Waals surface area contributed by atoms with Crippen LogP contribution in [0.4, 0.5) is 5.69 Å². The lowest BCUT2D eigenvalue weighted by atomic mass is 10.1. The van der Waals surface area contributed by atoms with E-state index < -0.39 is 5.92 Å². The number of hydrogen-bond donors (Lipinski definition) is 1. The fourth-order valence-corrected chi connectivity index (χ4v) is 3.56. The zero-order chi connectivity index (χ0) is 21.3. The van der Waals surface area contributed by atoms with Crippen LogP contribution in [-0.2, 0) is 16.1 Å². The van der Waals surface area contributed by atoms with E-state index in [0.717, 1.165) is 16.9 Å². The quantitative estimate of drug-likeness (QED) is 0.679. The molecule has 154 valence electrons. The Morgan fingerprint density at radius 3 is 2.60 bits per heavy atom. The van der Waals surface area contributed by atoms with Crippen LogP contribution >= 0.6 is 11.6 Å². The van der Waals surface area contributed by atoms with E-state index in [1.165, 1.54) is 5.56 Å². The molecule has 0 bridgehead atoms. The summed E-state index contributed by atoms with van der Waals surface area (Å²) in [5.74, 6) is -0.198. The average molecular weight is 425 g/mol. The van der Waals surface area contributed by atoms with Crippen molar-refractivity contribution in [3.05, 3.63) is 64.4 Å². The second-order valence-corrected chi connectivity index (χ2v) is 7.81. The standard InChI is InChI=1S/C21H21ClN6O2/c1-13-3-6-18(9-14(13)2)28-19(24-25-26-28)11-23-21(30)15-10-20(29)27(12-15)17-7-4-16(22)5-8-17/h3-9,15H,10-12H2,1-2H3,(H,23,30)/t15-/m0/s1. The molecule has 0 spiro atoms. The van der Waals surface area contributed by atoms with E-state index >= 15 is 0 Å². The number of carbonyl (C=O) groups is 2. The van der Waals surface area contributed by atoms with Gasteiger partial charge in [-0.05, 0) is 71.8 Å². The number of anilines is 1. The minimum atomic E-state index is -0.431. The third-order valence-corrected chi connectivity index (χ3v) is 5.58. The second kappa shape index (κ2) is 8.23. The van der Waals surface area contributed by atoms with Crippen LogP contribution in [0.1, 0.15) is 23.4 Å². The van der Waals surface area contributed by atoms with Gasteiger partial charge in [-0.3, -0.25) is 9.59 Å². The normalized spacial score (nSPS) is 16.2. The van der Waals surface area contributed by atoms with E-state index in [0.29, 0.717) is 17.4 Å². The molecule has 1 fully saturated rings. The fourth-order valence-electron chi connectivity index (χ4n) is 3.44. The number of rotatable bonds is 5. The predicted octanol–water partition coefficient (Wildman–Crippen LogP) is 2.60. The van der Waals surface area contributed by atoms with Crippen LogP contribution in [0.25, 0.3) is 5.69 Å². The van der Waals surface area contributed by atoms with E-state index in [1.54, 1.807) is 33.8 Å². The lowest BCUT2D eigenvalue weighted by Gasteiger charge is -2.16. The van der Waals surface area contributed by atoms with Crippen molar-refractivity contribution in [2.45, 2.75) is 26.8 Å². The highest BCUT2D eigenvalue weighted by Crippen LogP contribution is 2.26. The maximum atomic E-state index is 12.7. The molecule has 0 unspecified atom stereocenters. The minimum absolute atomic E-state index is 0.0857. The van der Waals surface area contributed by atoms with Crippen molar-refractivity contribution in [1.29, 1.82) is 0 Å². The monoisotopic (exact) mass is 424 g/mol. The van der Waals surface area contributed by atoms with Crippen LogP contribution in [0, 0.1) is 19.8 Å². The summed E-state index contributed by atoms with van der Waals surface area (Å²) in [5.41, 5.74) is 3.87. The van der Waals surface area contributed by atoms with Gasteiger partial charge in [0, 0.05) is 23.7 Å². The molecular formula is C21H21ClN6O2.